The van der Waals surface area contributed by atoms with E-state index in [0.29, 0.717) is 44.8 Å². The molecule has 368 valence electrons. The van der Waals surface area contributed by atoms with Gasteiger partial charge in [-0.05, 0) is 101 Å². The van der Waals surface area contributed by atoms with Crippen LogP contribution in [-0.2, 0) is 24.5 Å². The van der Waals surface area contributed by atoms with E-state index in [-0.39, 0.29) is 24.0 Å². The molecule has 3 aliphatic heterocycles. The molecule has 4 heterocycles. The maximum Gasteiger partial charge on any atom is 0.329 e. The molecule has 11 rings (SSSR count). The summed E-state index contributed by atoms with van der Waals surface area (Å²) >= 11 is 1.26. The number of nitrogens with zero attached hydrogens (tertiary/aromatic N) is 3. The number of aliphatic hydroxyl groups excluding tert-OH is 1. The number of ether oxygens (including phenoxy) is 3. The van der Waals surface area contributed by atoms with Crippen LogP contribution in [0.3, 0.4) is 0 Å². The molecule has 3 N–H and O–H groups in total. The van der Waals surface area contributed by atoms with E-state index >= 15 is 19.2 Å². The Hall–Kier alpha value is -8.61. The summed E-state index contributed by atoms with van der Waals surface area (Å²) in [6.07, 6.45) is -0.927. The Kier molecular flexibility index (Phi) is 13.0. The number of rotatable bonds is 11. The highest BCUT2D eigenvalue weighted by atomic mass is 32.1. The first kappa shape index (κ1) is 47.7. The molecule has 4 amide bonds. The zero-order chi connectivity index (χ0) is 50.9. The number of anilines is 2. The molecule has 1 spiro atoms. The van der Waals surface area contributed by atoms with E-state index in [4.69, 9.17) is 19.2 Å². The lowest BCUT2D eigenvalue weighted by molar-refractivity contribution is -0.177. The average Bonchev–Trinajstić information content (AvgIpc) is 4.08. The second kappa shape index (κ2) is 20.1. The molecule has 1 aromatic heterocycles. The number of nitrogens with one attached hydrogen (secondary N) is 2. The normalized spacial score (nSPS) is 21.2. The summed E-state index contributed by atoms with van der Waals surface area (Å²) in [5.74, 6) is 3.93. The van der Waals surface area contributed by atoms with E-state index in [1.54, 1.807) is 37.4 Å². The number of carbonyl (C=O) groups is 4. The molecule has 0 radical (unpaired) electrons. The lowest BCUT2D eigenvalue weighted by Crippen LogP contribution is -2.55. The largest absolute Gasteiger partial charge is 0.497 e. The van der Waals surface area contributed by atoms with Crippen LogP contribution < -0.4 is 25.0 Å². The van der Waals surface area contributed by atoms with Gasteiger partial charge in [0.25, 0.3) is 0 Å². The topological polar surface area (TPSA) is 160 Å². The van der Waals surface area contributed by atoms with Gasteiger partial charge in [0, 0.05) is 11.1 Å². The van der Waals surface area contributed by atoms with Crippen molar-refractivity contribution >= 4 is 56.2 Å². The number of para-hydroxylation sites is 1. The zero-order valence-electron chi connectivity index (χ0n) is 40.3. The summed E-state index contributed by atoms with van der Waals surface area (Å²) in [7, 11) is 1.59. The van der Waals surface area contributed by atoms with Crippen molar-refractivity contribution in [1.82, 2.24) is 15.2 Å². The van der Waals surface area contributed by atoms with Crippen molar-refractivity contribution in [2.45, 2.75) is 42.6 Å². The molecule has 2 fully saturated rings. The molecule has 3 aliphatic rings. The van der Waals surface area contributed by atoms with Crippen molar-refractivity contribution in [2.75, 3.05) is 30.5 Å². The molecule has 0 aliphatic carbocycles. The van der Waals surface area contributed by atoms with Gasteiger partial charge in [0.05, 0.1) is 53.7 Å². The van der Waals surface area contributed by atoms with E-state index in [9.17, 15) is 5.11 Å². The maximum atomic E-state index is 16.8. The molecule has 74 heavy (non-hydrogen) atoms. The Bertz CT molecular complexity index is 3420. The third-order valence-corrected chi connectivity index (χ3v) is 15.1. The standard InChI is InChI=1S/C60H49N5O8S/c1-37(40-14-6-3-7-15-40)61-59(70)64-48-33-26-39(23-22-38-24-29-44(71-2)30-25-38)36-46(48)60(57(64)69)50(55(67)63-58-62-47-20-12-13-21-49(47)74-58)52-56(68)73-53(42-18-10-5-11-19-42)51(41-16-8-4-9-17-41)65(52)54(60)43-27-31-45(32-28-43)72-35-34-66/h3-21,24-33,36-37,50-54,66H,34-35H2,1-2H3,(H,61,70)(H,62,63,67)/t37-,50+,51+,52+,53-,54-,60+/m1/s1. The van der Waals surface area contributed by atoms with Crippen molar-refractivity contribution in [1.29, 1.82) is 0 Å². The lowest BCUT2D eigenvalue weighted by Gasteiger charge is -2.46. The summed E-state index contributed by atoms with van der Waals surface area (Å²) in [6, 6.07) is 50.8. The number of urea groups is 1. The minimum atomic E-state index is -2.06. The molecular formula is C60H49N5O8S. The molecule has 8 aromatic rings. The molecule has 0 saturated carbocycles. The molecule has 7 aromatic carbocycles. The van der Waals surface area contributed by atoms with Gasteiger partial charge in [0.1, 0.15) is 35.7 Å². The number of fused-ring (bicyclic) bond motifs is 4. The predicted molar refractivity (Wildman–Crippen MR) is 282 cm³/mol. The molecular weight excluding hydrogens is 951 g/mol. The van der Waals surface area contributed by atoms with Gasteiger partial charge in [0.2, 0.25) is 11.8 Å². The van der Waals surface area contributed by atoms with Crippen LogP contribution in [0.5, 0.6) is 11.5 Å². The van der Waals surface area contributed by atoms with Gasteiger partial charge in [-0.15, -0.1) is 0 Å². The smallest absolute Gasteiger partial charge is 0.329 e. The van der Waals surface area contributed by atoms with Gasteiger partial charge in [-0.2, -0.15) is 0 Å². The Balaban J connectivity index is 1.19. The van der Waals surface area contributed by atoms with E-state index in [1.807, 2.05) is 163 Å². The van der Waals surface area contributed by atoms with Crippen molar-refractivity contribution in [2.24, 2.45) is 5.92 Å². The molecule has 13 nitrogen and oxygen atoms in total. The van der Waals surface area contributed by atoms with Gasteiger partial charge in [-0.1, -0.05) is 138 Å². The number of hydrogen-bond donors (Lipinski definition) is 3. The molecule has 0 bridgehead atoms. The summed E-state index contributed by atoms with van der Waals surface area (Å²) in [5, 5.41) is 16.1. The summed E-state index contributed by atoms with van der Waals surface area (Å²) in [6.45, 7) is 1.65. The Labute approximate surface area is 431 Å². The second-order valence-corrected chi connectivity index (χ2v) is 19.3. The van der Waals surface area contributed by atoms with Crippen LogP contribution in [0.4, 0.5) is 15.6 Å². The fraction of sp³-hybridized carbons (Fsp3) is 0.183. The third-order valence-electron chi connectivity index (χ3n) is 14.1. The molecule has 14 heteroatoms. The SMILES string of the molecule is COc1ccc(C#Cc2ccc3c(c2)[C@]2(C(=O)N3C(=O)N[C@H](C)c3ccccc3)[C@H](C(=O)Nc3nc4ccccc4s3)[C@H]3C(=O)O[C@H](c4ccccc4)[C@H](c4ccccc4)N3[C@@H]2c2ccc(OCCO)cc2)cc1. The Morgan fingerprint density at radius 1 is 0.757 bits per heavy atom. The highest BCUT2D eigenvalue weighted by Crippen LogP contribution is 2.66. The number of benzene rings is 7. The number of carbonyl (C=O) groups excluding carboxylic acids is 4. The number of hydrogen-bond acceptors (Lipinski definition) is 11. The number of amides is 4. The minimum absolute atomic E-state index is 0.0350. The van der Waals surface area contributed by atoms with Crippen molar-refractivity contribution in [3.05, 3.63) is 221 Å². The van der Waals surface area contributed by atoms with Crippen LogP contribution in [0.1, 0.15) is 70.1 Å². The number of aromatic nitrogens is 1. The first-order valence-corrected chi connectivity index (χ1v) is 25.1. The van der Waals surface area contributed by atoms with Crippen LogP contribution in [0, 0.1) is 17.8 Å². The fourth-order valence-corrected chi connectivity index (χ4v) is 11.8. The maximum absolute atomic E-state index is 16.8. The number of morpholine rings is 1. The second-order valence-electron chi connectivity index (χ2n) is 18.3. The summed E-state index contributed by atoms with van der Waals surface area (Å²) in [4.78, 5) is 71.7. The Morgan fingerprint density at radius 2 is 1.39 bits per heavy atom. The molecule has 2 saturated heterocycles. The number of thiazole rings is 1. The van der Waals surface area contributed by atoms with E-state index in [0.717, 1.165) is 20.7 Å². The van der Waals surface area contributed by atoms with Gasteiger partial charge < -0.3 is 30.0 Å². The van der Waals surface area contributed by atoms with Crippen LogP contribution >= 0.6 is 11.3 Å². The van der Waals surface area contributed by atoms with Crippen molar-refractivity contribution in [3.8, 4) is 23.3 Å². The van der Waals surface area contributed by atoms with Gasteiger partial charge >= 0.3 is 12.0 Å². The first-order chi connectivity index (χ1) is 36.2. The fourth-order valence-electron chi connectivity index (χ4n) is 10.9. The Morgan fingerprint density at radius 3 is 2.08 bits per heavy atom. The minimum Gasteiger partial charge on any atom is -0.497 e. The van der Waals surface area contributed by atoms with Crippen LogP contribution in [-0.4, -0.2) is 65.2 Å². The number of aliphatic hydroxyl groups is 1. The van der Waals surface area contributed by atoms with Gasteiger partial charge in [-0.3, -0.25) is 19.3 Å². The predicted octanol–water partition coefficient (Wildman–Crippen LogP) is 9.85. The van der Waals surface area contributed by atoms with Gasteiger partial charge in [0.15, 0.2) is 5.13 Å². The lowest BCUT2D eigenvalue weighted by atomic mass is 9.65. The zero-order valence-corrected chi connectivity index (χ0v) is 41.1. The molecule has 7 atom stereocenters. The summed E-state index contributed by atoms with van der Waals surface area (Å²) in [5.41, 5.74) is 3.10. The highest BCUT2D eigenvalue weighted by Gasteiger charge is 2.75. The first-order valence-electron chi connectivity index (χ1n) is 24.3. The number of imide groups is 1. The molecule has 0 unspecified atom stereocenters. The van der Waals surface area contributed by atoms with Crippen molar-refractivity contribution in [3.63, 3.8) is 0 Å². The number of cyclic esters (lactones) is 1. The summed E-state index contributed by atoms with van der Waals surface area (Å²) < 4.78 is 18.7. The van der Waals surface area contributed by atoms with Gasteiger partial charge in [-0.25, -0.2) is 14.7 Å². The van der Waals surface area contributed by atoms with E-state index in [2.05, 4.69) is 22.5 Å². The third kappa shape index (κ3) is 8.50. The van der Waals surface area contributed by atoms with Crippen LogP contribution in [0.15, 0.2) is 182 Å². The number of esters is 1. The highest BCUT2D eigenvalue weighted by molar-refractivity contribution is 7.22. The average molecular weight is 1000 g/mol. The van der Waals surface area contributed by atoms with E-state index < -0.39 is 65.4 Å². The van der Waals surface area contributed by atoms with E-state index in [1.165, 1.54) is 11.3 Å². The quantitative estimate of drug-likeness (QED) is 0.0841. The van der Waals surface area contributed by atoms with Crippen LogP contribution in [0.25, 0.3) is 10.2 Å². The monoisotopic (exact) mass is 999 g/mol. The number of methoxy groups -OCH3 is 1. The van der Waals surface area contributed by atoms with Crippen molar-refractivity contribution < 1.29 is 38.5 Å². The van der Waals surface area contributed by atoms with Crippen LogP contribution in [0.2, 0.25) is 0 Å².